The minimum atomic E-state index is -0.294. The largest absolute Gasteiger partial charge is 0.376 e. The van der Waals surface area contributed by atoms with Crippen molar-refractivity contribution in [2.75, 3.05) is 13.2 Å². The molecule has 0 spiro atoms. The Morgan fingerprint density at radius 1 is 1.41 bits per heavy atom. The molecule has 0 aliphatic carbocycles. The topological polar surface area (TPSA) is 59.4 Å². The summed E-state index contributed by atoms with van der Waals surface area (Å²) in [6, 6.07) is 6.14. The van der Waals surface area contributed by atoms with Crippen molar-refractivity contribution >= 4 is 6.03 Å². The SMILES string of the molecule is Cn1nc(C2CCCCN2C(=O)NCc2cccc(F)c2)c2c1CCOC2. The van der Waals surface area contributed by atoms with Crippen LogP contribution in [0.1, 0.15) is 47.8 Å². The van der Waals surface area contributed by atoms with Gasteiger partial charge in [0.1, 0.15) is 5.82 Å². The van der Waals surface area contributed by atoms with Gasteiger partial charge in [-0.15, -0.1) is 0 Å². The Labute approximate surface area is 158 Å². The molecule has 2 aliphatic heterocycles. The highest BCUT2D eigenvalue weighted by molar-refractivity contribution is 5.75. The maximum atomic E-state index is 13.3. The van der Waals surface area contributed by atoms with Crippen LogP contribution in [0.15, 0.2) is 24.3 Å². The Bertz CT molecular complexity index is 835. The standard InChI is InChI=1S/C20H25FN4O2/c1-24-17-8-10-27-13-16(17)19(23-24)18-7-2-3-9-25(18)20(26)22-12-14-5-4-6-15(21)11-14/h4-6,11,18H,2-3,7-10,12-13H2,1H3,(H,22,26). The predicted octanol–water partition coefficient (Wildman–Crippen LogP) is 3.07. The number of ether oxygens (including phenoxy) is 1. The van der Waals surface area contributed by atoms with E-state index >= 15 is 0 Å². The summed E-state index contributed by atoms with van der Waals surface area (Å²) < 4.78 is 20.9. The molecular formula is C20H25FN4O2. The average Bonchev–Trinajstić information content (AvgIpc) is 3.03. The molecule has 0 radical (unpaired) electrons. The third-order valence-corrected chi connectivity index (χ3v) is 5.45. The highest BCUT2D eigenvalue weighted by Crippen LogP contribution is 2.34. The molecular weight excluding hydrogens is 347 g/mol. The van der Waals surface area contributed by atoms with E-state index in [9.17, 15) is 9.18 Å². The van der Waals surface area contributed by atoms with Gasteiger partial charge in [0.25, 0.3) is 0 Å². The number of likely N-dealkylation sites (tertiary alicyclic amines) is 1. The van der Waals surface area contributed by atoms with Gasteiger partial charge in [-0.25, -0.2) is 9.18 Å². The number of urea groups is 1. The number of hydrogen-bond donors (Lipinski definition) is 1. The van der Waals surface area contributed by atoms with Crippen LogP contribution in [0, 0.1) is 5.82 Å². The van der Waals surface area contributed by atoms with Crippen molar-refractivity contribution in [1.82, 2.24) is 20.0 Å². The van der Waals surface area contributed by atoms with E-state index in [1.165, 1.54) is 17.8 Å². The highest BCUT2D eigenvalue weighted by Gasteiger charge is 2.33. The normalized spacial score (nSPS) is 19.6. The molecule has 1 N–H and O–H groups in total. The number of aryl methyl sites for hydroxylation is 1. The summed E-state index contributed by atoms with van der Waals surface area (Å²) in [5.74, 6) is -0.294. The van der Waals surface area contributed by atoms with Crippen LogP contribution in [-0.2, 0) is 31.4 Å². The molecule has 27 heavy (non-hydrogen) atoms. The molecule has 1 fully saturated rings. The van der Waals surface area contributed by atoms with Crippen molar-refractivity contribution in [2.45, 2.75) is 44.9 Å². The number of nitrogens with one attached hydrogen (secondary N) is 1. The fourth-order valence-corrected chi connectivity index (χ4v) is 4.09. The van der Waals surface area contributed by atoms with E-state index in [1.807, 2.05) is 22.7 Å². The van der Waals surface area contributed by atoms with E-state index in [2.05, 4.69) is 5.32 Å². The average molecular weight is 372 g/mol. The number of benzene rings is 1. The summed E-state index contributed by atoms with van der Waals surface area (Å²) in [6.45, 7) is 2.29. The fourth-order valence-electron chi connectivity index (χ4n) is 4.09. The second-order valence-corrected chi connectivity index (χ2v) is 7.23. The summed E-state index contributed by atoms with van der Waals surface area (Å²) in [5.41, 5.74) is 4.06. The molecule has 2 aromatic rings. The van der Waals surface area contributed by atoms with E-state index in [-0.39, 0.29) is 17.9 Å². The lowest BCUT2D eigenvalue weighted by atomic mass is 9.95. The molecule has 2 aliphatic rings. The van der Waals surface area contributed by atoms with Gasteiger partial charge in [-0.3, -0.25) is 4.68 Å². The smallest absolute Gasteiger partial charge is 0.318 e. The molecule has 3 heterocycles. The van der Waals surface area contributed by atoms with Gasteiger partial charge in [0.2, 0.25) is 0 Å². The molecule has 1 unspecified atom stereocenters. The Balaban J connectivity index is 1.51. The molecule has 1 aromatic carbocycles. The summed E-state index contributed by atoms with van der Waals surface area (Å²) >= 11 is 0. The second kappa shape index (κ2) is 7.68. The van der Waals surface area contributed by atoms with Crippen LogP contribution in [0.3, 0.4) is 0 Å². The van der Waals surface area contributed by atoms with Crippen LogP contribution in [0.25, 0.3) is 0 Å². The lowest BCUT2D eigenvalue weighted by molar-refractivity contribution is 0.105. The van der Waals surface area contributed by atoms with Gasteiger partial charge in [0.05, 0.1) is 24.9 Å². The number of piperidine rings is 1. The van der Waals surface area contributed by atoms with Crippen molar-refractivity contribution in [2.24, 2.45) is 7.05 Å². The van der Waals surface area contributed by atoms with Gasteiger partial charge in [-0.05, 0) is 37.0 Å². The minimum absolute atomic E-state index is 0.0390. The molecule has 144 valence electrons. The quantitative estimate of drug-likeness (QED) is 0.901. The number of fused-ring (bicyclic) bond motifs is 1. The van der Waals surface area contributed by atoms with E-state index in [0.717, 1.165) is 42.5 Å². The first-order valence-corrected chi connectivity index (χ1v) is 9.55. The van der Waals surface area contributed by atoms with Gasteiger partial charge in [-0.2, -0.15) is 5.10 Å². The van der Waals surface area contributed by atoms with Crippen molar-refractivity contribution < 1.29 is 13.9 Å². The molecule has 1 atom stereocenters. The van der Waals surface area contributed by atoms with Crippen LogP contribution in [-0.4, -0.2) is 33.9 Å². The van der Waals surface area contributed by atoms with Gasteiger partial charge in [0, 0.05) is 37.8 Å². The maximum Gasteiger partial charge on any atom is 0.318 e. The first kappa shape index (κ1) is 18.0. The Morgan fingerprint density at radius 2 is 2.30 bits per heavy atom. The zero-order valence-electron chi connectivity index (χ0n) is 15.6. The first-order chi connectivity index (χ1) is 13.1. The van der Waals surface area contributed by atoms with Crippen molar-refractivity contribution in [3.05, 3.63) is 52.6 Å². The van der Waals surface area contributed by atoms with Crippen LogP contribution >= 0.6 is 0 Å². The van der Waals surface area contributed by atoms with Crippen molar-refractivity contribution in [1.29, 1.82) is 0 Å². The molecule has 1 aromatic heterocycles. The molecule has 1 saturated heterocycles. The zero-order valence-corrected chi connectivity index (χ0v) is 15.6. The number of halogens is 1. The number of nitrogens with zero attached hydrogens (tertiary/aromatic N) is 3. The summed E-state index contributed by atoms with van der Waals surface area (Å²) in [7, 11) is 1.96. The van der Waals surface area contributed by atoms with Crippen LogP contribution in [0.4, 0.5) is 9.18 Å². The molecule has 6 nitrogen and oxygen atoms in total. The zero-order chi connectivity index (χ0) is 18.8. The highest BCUT2D eigenvalue weighted by atomic mass is 19.1. The third kappa shape index (κ3) is 3.69. The van der Waals surface area contributed by atoms with E-state index in [1.54, 1.807) is 6.07 Å². The molecule has 0 bridgehead atoms. The number of aromatic nitrogens is 2. The summed E-state index contributed by atoms with van der Waals surface area (Å²) in [5, 5.41) is 7.68. The van der Waals surface area contributed by atoms with Crippen molar-refractivity contribution in [3.8, 4) is 0 Å². The monoisotopic (exact) mass is 372 g/mol. The number of hydrogen-bond acceptors (Lipinski definition) is 3. The molecule has 4 rings (SSSR count). The van der Waals surface area contributed by atoms with Crippen LogP contribution in [0.5, 0.6) is 0 Å². The van der Waals surface area contributed by atoms with Crippen LogP contribution < -0.4 is 5.32 Å². The van der Waals surface area contributed by atoms with Crippen LogP contribution in [0.2, 0.25) is 0 Å². The van der Waals surface area contributed by atoms with Crippen molar-refractivity contribution in [3.63, 3.8) is 0 Å². The van der Waals surface area contributed by atoms with Gasteiger partial charge in [-0.1, -0.05) is 12.1 Å². The maximum absolute atomic E-state index is 13.3. The van der Waals surface area contributed by atoms with E-state index < -0.39 is 0 Å². The Morgan fingerprint density at radius 3 is 3.15 bits per heavy atom. The van der Waals surface area contributed by atoms with E-state index in [0.29, 0.717) is 26.3 Å². The predicted molar refractivity (Wildman–Crippen MR) is 98.5 cm³/mol. The second-order valence-electron chi connectivity index (χ2n) is 7.23. The molecule has 0 saturated carbocycles. The van der Waals surface area contributed by atoms with Gasteiger partial charge >= 0.3 is 6.03 Å². The van der Waals surface area contributed by atoms with Gasteiger partial charge < -0.3 is 15.0 Å². The summed E-state index contributed by atoms with van der Waals surface area (Å²) in [4.78, 5) is 14.7. The number of amides is 2. The van der Waals surface area contributed by atoms with E-state index in [4.69, 9.17) is 9.84 Å². The number of carbonyl (C=O) groups excluding carboxylic acids is 1. The Kier molecular flexibility index (Phi) is 5.11. The minimum Gasteiger partial charge on any atom is -0.376 e. The first-order valence-electron chi connectivity index (χ1n) is 9.55. The number of rotatable bonds is 3. The third-order valence-electron chi connectivity index (χ3n) is 5.45. The van der Waals surface area contributed by atoms with Gasteiger partial charge in [0.15, 0.2) is 0 Å². The molecule has 2 amide bonds. The lowest BCUT2D eigenvalue weighted by Crippen LogP contribution is -2.44. The Hall–Kier alpha value is -2.41. The molecule has 7 heteroatoms. The lowest BCUT2D eigenvalue weighted by Gasteiger charge is -2.35. The number of carbonyl (C=O) groups is 1. The summed E-state index contributed by atoms with van der Waals surface area (Å²) in [6.07, 6.45) is 3.81. The fraction of sp³-hybridized carbons (Fsp3) is 0.500.